The molecule has 0 amide bonds. The minimum Gasteiger partial charge on any atom is -0.507 e. The summed E-state index contributed by atoms with van der Waals surface area (Å²) in [7, 11) is 0. The highest BCUT2D eigenvalue weighted by molar-refractivity contribution is 5.97. The summed E-state index contributed by atoms with van der Waals surface area (Å²) < 4.78 is 4.94. The lowest BCUT2D eigenvalue weighted by atomic mass is 9.90. The van der Waals surface area contributed by atoms with Gasteiger partial charge in [-0.15, -0.1) is 0 Å². The molecule has 0 bridgehead atoms. The van der Waals surface area contributed by atoms with Crippen molar-refractivity contribution < 1.29 is 14.6 Å². The number of aryl methyl sites for hydroxylation is 1. The van der Waals surface area contributed by atoms with Crippen LogP contribution in [0.5, 0.6) is 0 Å². The molecule has 3 nitrogen and oxygen atoms in total. The first-order valence-corrected chi connectivity index (χ1v) is 5.52. The van der Waals surface area contributed by atoms with E-state index in [0.717, 1.165) is 17.5 Å². The Morgan fingerprint density at radius 2 is 2.18 bits per heavy atom. The number of carbonyl (C=O) groups is 1. The van der Waals surface area contributed by atoms with Crippen LogP contribution in [0.3, 0.4) is 0 Å². The summed E-state index contributed by atoms with van der Waals surface area (Å²) >= 11 is 0. The van der Waals surface area contributed by atoms with Crippen molar-refractivity contribution in [2.24, 2.45) is 0 Å². The van der Waals surface area contributed by atoms with Crippen LogP contribution < -0.4 is 0 Å². The van der Waals surface area contributed by atoms with Gasteiger partial charge in [-0.25, -0.2) is 4.79 Å². The zero-order valence-electron chi connectivity index (χ0n) is 9.48. The van der Waals surface area contributed by atoms with Gasteiger partial charge in [0.2, 0.25) is 0 Å². The summed E-state index contributed by atoms with van der Waals surface area (Å²) in [6, 6.07) is 7.53. The first-order valence-electron chi connectivity index (χ1n) is 5.52. The Kier molecular flexibility index (Phi) is 3.28. The standard InChI is InChI=1S/C14H14O3/c1-2-9-17-14(16)12-8-7-10-5-3-4-6-11(10)13(12)15/h2-6,15H,1,7-9H2. The maximum Gasteiger partial charge on any atom is 0.338 e. The number of hydrogen-bond donors (Lipinski definition) is 1. The number of benzene rings is 1. The van der Waals surface area contributed by atoms with Crippen LogP contribution in [-0.2, 0) is 16.0 Å². The van der Waals surface area contributed by atoms with Gasteiger partial charge < -0.3 is 9.84 Å². The molecule has 0 fully saturated rings. The number of hydrogen-bond acceptors (Lipinski definition) is 3. The first kappa shape index (κ1) is 11.5. The molecule has 2 rings (SSSR count). The smallest absolute Gasteiger partial charge is 0.338 e. The molecule has 0 saturated carbocycles. The molecule has 0 aliphatic heterocycles. The van der Waals surface area contributed by atoms with Gasteiger partial charge in [-0.3, -0.25) is 0 Å². The fourth-order valence-electron chi connectivity index (χ4n) is 1.93. The van der Waals surface area contributed by atoms with E-state index in [4.69, 9.17) is 4.74 Å². The van der Waals surface area contributed by atoms with Gasteiger partial charge in [0.1, 0.15) is 12.4 Å². The molecule has 17 heavy (non-hydrogen) atoms. The number of rotatable bonds is 3. The van der Waals surface area contributed by atoms with Gasteiger partial charge in [0.25, 0.3) is 0 Å². The molecule has 0 heterocycles. The van der Waals surface area contributed by atoms with Crippen molar-refractivity contribution in [2.75, 3.05) is 6.61 Å². The lowest BCUT2D eigenvalue weighted by molar-refractivity contribution is -0.138. The van der Waals surface area contributed by atoms with E-state index in [2.05, 4.69) is 6.58 Å². The molecular formula is C14H14O3. The fourth-order valence-corrected chi connectivity index (χ4v) is 1.93. The Morgan fingerprint density at radius 3 is 2.94 bits per heavy atom. The zero-order valence-corrected chi connectivity index (χ0v) is 9.48. The van der Waals surface area contributed by atoms with E-state index in [9.17, 15) is 9.90 Å². The van der Waals surface area contributed by atoms with E-state index < -0.39 is 5.97 Å². The summed E-state index contributed by atoms with van der Waals surface area (Å²) in [6.45, 7) is 3.64. The van der Waals surface area contributed by atoms with Gasteiger partial charge in [0, 0.05) is 5.56 Å². The number of ether oxygens (including phenoxy) is 1. The van der Waals surface area contributed by atoms with Crippen molar-refractivity contribution in [3.8, 4) is 0 Å². The highest BCUT2D eigenvalue weighted by atomic mass is 16.5. The lowest BCUT2D eigenvalue weighted by Gasteiger charge is -2.18. The summed E-state index contributed by atoms with van der Waals surface area (Å²) in [5, 5.41) is 10.0. The Morgan fingerprint density at radius 1 is 1.41 bits per heavy atom. The van der Waals surface area contributed by atoms with E-state index in [0.29, 0.717) is 12.0 Å². The van der Waals surface area contributed by atoms with Crippen molar-refractivity contribution in [3.63, 3.8) is 0 Å². The number of aliphatic hydroxyl groups is 1. The Hall–Kier alpha value is -2.03. The number of carbonyl (C=O) groups excluding carboxylic acids is 1. The Balaban J connectivity index is 2.30. The maximum atomic E-state index is 11.7. The highest BCUT2D eigenvalue weighted by Crippen LogP contribution is 2.29. The third-order valence-corrected chi connectivity index (χ3v) is 2.78. The molecule has 1 aliphatic rings. The second-order valence-corrected chi connectivity index (χ2v) is 3.87. The largest absolute Gasteiger partial charge is 0.507 e. The van der Waals surface area contributed by atoms with E-state index >= 15 is 0 Å². The molecule has 0 aromatic heterocycles. The van der Waals surface area contributed by atoms with Crippen molar-refractivity contribution in [1.29, 1.82) is 0 Å². The van der Waals surface area contributed by atoms with E-state index in [-0.39, 0.29) is 12.4 Å². The average molecular weight is 230 g/mol. The molecule has 88 valence electrons. The number of fused-ring (bicyclic) bond motifs is 1. The molecule has 1 aromatic carbocycles. The van der Waals surface area contributed by atoms with Crippen molar-refractivity contribution >= 4 is 11.7 Å². The minimum atomic E-state index is -0.461. The molecule has 1 aliphatic carbocycles. The van der Waals surface area contributed by atoms with Crippen LogP contribution in [0.15, 0.2) is 42.5 Å². The summed E-state index contributed by atoms with van der Waals surface area (Å²) in [5.74, 6) is -0.419. The van der Waals surface area contributed by atoms with Crippen LogP contribution in [0.4, 0.5) is 0 Å². The topological polar surface area (TPSA) is 46.5 Å². The normalized spacial score (nSPS) is 14.1. The van der Waals surface area contributed by atoms with Gasteiger partial charge in [-0.05, 0) is 18.4 Å². The van der Waals surface area contributed by atoms with Crippen molar-refractivity contribution in [2.45, 2.75) is 12.8 Å². The average Bonchev–Trinajstić information content (AvgIpc) is 2.37. The Bertz CT molecular complexity index is 486. The molecule has 1 N–H and O–H groups in total. The monoisotopic (exact) mass is 230 g/mol. The second kappa shape index (κ2) is 4.87. The van der Waals surface area contributed by atoms with Crippen LogP contribution in [0.2, 0.25) is 0 Å². The zero-order chi connectivity index (χ0) is 12.3. The fraction of sp³-hybridized carbons (Fsp3) is 0.214. The second-order valence-electron chi connectivity index (χ2n) is 3.87. The van der Waals surface area contributed by atoms with Crippen LogP contribution in [0.1, 0.15) is 17.5 Å². The summed E-state index contributed by atoms with van der Waals surface area (Å²) in [5.41, 5.74) is 2.14. The Labute approximate surface area is 100 Å². The molecule has 0 radical (unpaired) electrons. The molecule has 0 atom stereocenters. The molecule has 3 heteroatoms. The first-order chi connectivity index (χ1) is 8.24. The highest BCUT2D eigenvalue weighted by Gasteiger charge is 2.23. The molecule has 0 unspecified atom stereocenters. The van der Waals surface area contributed by atoms with Crippen LogP contribution in [0.25, 0.3) is 5.76 Å². The number of aliphatic hydroxyl groups excluding tert-OH is 1. The van der Waals surface area contributed by atoms with E-state index in [1.165, 1.54) is 6.08 Å². The number of esters is 1. The van der Waals surface area contributed by atoms with Crippen LogP contribution in [-0.4, -0.2) is 17.7 Å². The van der Waals surface area contributed by atoms with E-state index in [1.54, 1.807) is 0 Å². The van der Waals surface area contributed by atoms with Gasteiger partial charge in [0.05, 0.1) is 5.57 Å². The predicted octanol–water partition coefficient (Wildman–Crippen LogP) is 2.63. The minimum absolute atomic E-state index is 0.0425. The summed E-state index contributed by atoms with van der Waals surface area (Å²) in [4.78, 5) is 11.7. The SMILES string of the molecule is C=CCOC(=O)C1=C(O)c2ccccc2CC1. The quantitative estimate of drug-likeness (QED) is 0.641. The van der Waals surface area contributed by atoms with E-state index in [1.807, 2.05) is 24.3 Å². The lowest BCUT2D eigenvalue weighted by Crippen LogP contribution is -2.15. The third-order valence-electron chi connectivity index (χ3n) is 2.78. The molecule has 1 aromatic rings. The van der Waals surface area contributed by atoms with Gasteiger partial charge in [-0.1, -0.05) is 36.9 Å². The third kappa shape index (κ3) is 2.23. The van der Waals surface area contributed by atoms with Crippen LogP contribution in [0, 0.1) is 0 Å². The molecule has 0 spiro atoms. The van der Waals surface area contributed by atoms with Gasteiger partial charge in [0.15, 0.2) is 0 Å². The predicted molar refractivity (Wildman–Crippen MR) is 65.5 cm³/mol. The van der Waals surface area contributed by atoms with Gasteiger partial charge in [-0.2, -0.15) is 0 Å². The maximum absolute atomic E-state index is 11.7. The van der Waals surface area contributed by atoms with Crippen LogP contribution >= 0.6 is 0 Å². The molecule has 0 saturated heterocycles. The van der Waals surface area contributed by atoms with Crippen molar-refractivity contribution in [1.82, 2.24) is 0 Å². The van der Waals surface area contributed by atoms with Crippen molar-refractivity contribution in [3.05, 3.63) is 53.6 Å². The van der Waals surface area contributed by atoms with Gasteiger partial charge >= 0.3 is 5.97 Å². The summed E-state index contributed by atoms with van der Waals surface area (Å²) in [6.07, 6.45) is 2.77. The molecular weight excluding hydrogens is 216 g/mol.